The molecule has 3 heteroatoms. The summed E-state index contributed by atoms with van der Waals surface area (Å²) >= 11 is 0. The second kappa shape index (κ2) is 6.60. The summed E-state index contributed by atoms with van der Waals surface area (Å²) in [6, 6.07) is 9.10. The fourth-order valence-corrected chi connectivity index (χ4v) is 2.59. The van der Waals surface area contributed by atoms with Crippen LogP contribution >= 0.6 is 0 Å². The first-order chi connectivity index (χ1) is 9.92. The maximum absolute atomic E-state index is 9.41. The van der Waals surface area contributed by atoms with Crippen molar-refractivity contribution in [2.24, 2.45) is 0 Å². The summed E-state index contributed by atoms with van der Waals surface area (Å²) in [7, 11) is 0. The maximum atomic E-state index is 9.41. The van der Waals surface area contributed by atoms with Gasteiger partial charge in [0.25, 0.3) is 0 Å². The lowest BCUT2D eigenvalue weighted by atomic mass is 9.83. The van der Waals surface area contributed by atoms with Crippen molar-refractivity contribution in [3.05, 3.63) is 34.9 Å². The van der Waals surface area contributed by atoms with Crippen LogP contribution in [0.2, 0.25) is 0 Å². The highest BCUT2D eigenvalue weighted by Gasteiger charge is 2.22. The van der Waals surface area contributed by atoms with Crippen LogP contribution in [0.3, 0.4) is 0 Å². The highest BCUT2D eigenvalue weighted by Crippen LogP contribution is 2.28. The van der Waals surface area contributed by atoms with Gasteiger partial charge < -0.3 is 4.74 Å². The summed E-state index contributed by atoms with van der Waals surface area (Å²) in [6.07, 6.45) is 0. The molecule has 1 saturated heterocycles. The number of nitriles is 1. The number of rotatable bonds is 4. The minimum atomic E-state index is -0.440. The van der Waals surface area contributed by atoms with Gasteiger partial charge in [-0.05, 0) is 36.5 Å². The average molecular weight is 286 g/mol. The molecule has 0 aromatic heterocycles. The predicted molar refractivity (Wildman–Crippen MR) is 85.3 cm³/mol. The standard InChI is InChI=1S/C18H26N2O/c1-14(2)16-9-15(12-20-5-7-21-8-6-20)10-17(11-16)18(3,4)13-19/h9-11,14H,5-8,12H2,1-4H3. The molecule has 0 bridgehead atoms. The Morgan fingerprint density at radius 3 is 2.48 bits per heavy atom. The molecule has 1 fully saturated rings. The molecule has 1 aromatic rings. The molecule has 0 amide bonds. The molecule has 0 radical (unpaired) electrons. The SMILES string of the molecule is CC(C)c1cc(CN2CCOCC2)cc(C(C)(C)C#N)c1. The third-order valence-corrected chi connectivity index (χ3v) is 4.19. The van der Waals surface area contributed by atoms with E-state index in [-0.39, 0.29) is 0 Å². The zero-order valence-electron chi connectivity index (χ0n) is 13.6. The number of hydrogen-bond donors (Lipinski definition) is 0. The topological polar surface area (TPSA) is 36.3 Å². The van der Waals surface area contributed by atoms with Crippen LogP contribution < -0.4 is 0 Å². The van der Waals surface area contributed by atoms with Gasteiger partial charge in [-0.2, -0.15) is 5.26 Å². The third kappa shape index (κ3) is 4.06. The van der Waals surface area contributed by atoms with E-state index in [1.54, 1.807) is 0 Å². The molecule has 1 heterocycles. The number of ether oxygens (including phenoxy) is 1. The van der Waals surface area contributed by atoms with Crippen LogP contribution in [-0.4, -0.2) is 31.2 Å². The molecule has 0 spiro atoms. The van der Waals surface area contributed by atoms with Gasteiger partial charge in [-0.3, -0.25) is 4.90 Å². The van der Waals surface area contributed by atoms with Crippen LogP contribution in [0.25, 0.3) is 0 Å². The Bertz CT molecular complexity index is 523. The largest absolute Gasteiger partial charge is 0.379 e. The van der Waals surface area contributed by atoms with Gasteiger partial charge in [-0.25, -0.2) is 0 Å². The van der Waals surface area contributed by atoms with Crippen molar-refractivity contribution in [3.8, 4) is 6.07 Å². The number of benzene rings is 1. The van der Waals surface area contributed by atoms with Gasteiger partial charge >= 0.3 is 0 Å². The fraction of sp³-hybridized carbons (Fsp3) is 0.611. The van der Waals surface area contributed by atoms with Crippen molar-refractivity contribution >= 4 is 0 Å². The first kappa shape index (κ1) is 16.0. The summed E-state index contributed by atoms with van der Waals surface area (Å²) < 4.78 is 5.41. The Balaban J connectivity index is 2.29. The fourth-order valence-electron chi connectivity index (χ4n) is 2.59. The molecule has 1 aliphatic heterocycles. The Morgan fingerprint density at radius 1 is 1.24 bits per heavy atom. The normalized spacial score (nSPS) is 17.0. The van der Waals surface area contributed by atoms with Gasteiger partial charge in [-0.15, -0.1) is 0 Å². The number of morpholine rings is 1. The second-order valence-corrected chi connectivity index (χ2v) is 6.74. The minimum absolute atomic E-state index is 0.440. The minimum Gasteiger partial charge on any atom is -0.379 e. The van der Waals surface area contributed by atoms with Crippen LogP contribution in [0.1, 0.15) is 50.3 Å². The number of nitrogens with zero attached hydrogens (tertiary/aromatic N) is 2. The lowest BCUT2D eigenvalue weighted by Crippen LogP contribution is -2.35. The van der Waals surface area contributed by atoms with Crippen molar-refractivity contribution in [3.63, 3.8) is 0 Å². The Labute approximate surface area is 128 Å². The van der Waals surface area contributed by atoms with Crippen molar-refractivity contribution in [1.82, 2.24) is 4.90 Å². The van der Waals surface area contributed by atoms with E-state index in [0.29, 0.717) is 5.92 Å². The first-order valence-corrected chi connectivity index (χ1v) is 7.78. The monoisotopic (exact) mass is 286 g/mol. The van der Waals surface area contributed by atoms with Crippen molar-refractivity contribution in [1.29, 1.82) is 5.26 Å². The van der Waals surface area contributed by atoms with Crippen LogP contribution in [0.15, 0.2) is 18.2 Å². The summed E-state index contributed by atoms with van der Waals surface area (Å²) in [5.74, 6) is 0.475. The van der Waals surface area contributed by atoms with Gasteiger partial charge in [0.1, 0.15) is 0 Å². The predicted octanol–water partition coefficient (Wildman–Crippen LogP) is 3.44. The molecular weight excluding hydrogens is 260 g/mol. The zero-order valence-corrected chi connectivity index (χ0v) is 13.6. The quantitative estimate of drug-likeness (QED) is 0.850. The molecule has 1 aliphatic rings. The van der Waals surface area contributed by atoms with Gasteiger partial charge in [0.05, 0.1) is 24.7 Å². The highest BCUT2D eigenvalue weighted by molar-refractivity contribution is 5.39. The van der Waals surface area contributed by atoms with E-state index < -0.39 is 5.41 Å². The van der Waals surface area contributed by atoms with E-state index in [1.165, 1.54) is 11.1 Å². The Kier molecular flexibility index (Phi) is 5.03. The van der Waals surface area contributed by atoms with Crippen LogP contribution in [0.4, 0.5) is 0 Å². The third-order valence-electron chi connectivity index (χ3n) is 4.19. The van der Waals surface area contributed by atoms with E-state index >= 15 is 0 Å². The first-order valence-electron chi connectivity index (χ1n) is 7.78. The summed E-state index contributed by atoms with van der Waals surface area (Å²) in [5.41, 5.74) is 3.31. The Morgan fingerprint density at radius 2 is 1.90 bits per heavy atom. The van der Waals surface area contributed by atoms with Crippen LogP contribution in [0, 0.1) is 11.3 Å². The van der Waals surface area contributed by atoms with Gasteiger partial charge in [0.15, 0.2) is 0 Å². The molecule has 0 unspecified atom stereocenters. The molecule has 2 rings (SSSR count). The van der Waals surface area contributed by atoms with Crippen molar-refractivity contribution in [2.75, 3.05) is 26.3 Å². The number of hydrogen-bond acceptors (Lipinski definition) is 3. The highest BCUT2D eigenvalue weighted by atomic mass is 16.5. The van der Waals surface area contributed by atoms with Crippen molar-refractivity contribution in [2.45, 2.75) is 45.6 Å². The van der Waals surface area contributed by atoms with Crippen molar-refractivity contribution < 1.29 is 4.74 Å². The van der Waals surface area contributed by atoms with E-state index in [2.05, 4.69) is 43.0 Å². The molecule has 0 saturated carbocycles. The van der Waals surface area contributed by atoms with E-state index in [0.717, 1.165) is 38.4 Å². The molecular formula is C18H26N2O. The molecule has 0 atom stereocenters. The molecule has 3 nitrogen and oxygen atoms in total. The van der Waals surface area contributed by atoms with Crippen LogP contribution in [-0.2, 0) is 16.7 Å². The average Bonchev–Trinajstić information content (AvgIpc) is 2.48. The molecule has 1 aromatic carbocycles. The molecule has 0 aliphatic carbocycles. The van der Waals surface area contributed by atoms with Crippen LogP contribution in [0.5, 0.6) is 0 Å². The van der Waals surface area contributed by atoms with E-state index in [1.807, 2.05) is 13.8 Å². The molecule has 21 heavy (non-hydrogen) atoms. The maximum Gasteiger partial charge on any atom is 0.0766 e. The second-order valence-electron chi connectivity index (χ2n) is 6.74. The van der Waals surface area contributed by atoms with E-state index in [9.17, 15) is 5.26 Å². The van der Waals surface area contributed by atoms with E-state index in [4.69, 9.17) is 4.74 Å². The summed E-state index contributed by atoms with van der Waals surface area (Å²) in [4.78, 5) is 2.42. The van der Waals surface area contributed by atoms with Gasteiger partial charge in [-0.1, -0.05) is 32.0 Å². The lowest BCUT2D eigenvalue weighted by Gasteiger charge is -2.28. The lowest BCUT2D eigenvalue weighted by molar-refractivity contribution is 0.0341. The Hall–Kier alpha value is -1.37. The van der Waals surface area contributed by atoms with Gasteiger partial charge in [0.2, 0.25) is 0 Å². The molecule has 0 N–H and O–H groups in total. The smallest absolute Gasteiger partial charge is 0.0766 e. The summed E-state index contributed by atoms with van der Waals surface area (Å²) in [6.45, 7) is 13.0. The zero-order chi connectivity index (χ0) is 15.5. The van der Waals surface area contributed by atoms with Gasteiger partial charge in [0, 0.05) is 19.6 Å². The summed E-state index contributed by atoms with van der Waals surface area (Å²) in [5, 5.41) is 9.41. The molecule has 114 valence electrons.